The summed E-state index contributed by atoms with van der Waals surface area (Å²) in [5.74, 6) is 1.27. The fraction of sp³-hybridized carbons (Fsp3) is 0.619. The highest BCUT2D eigenvalue weighted by Crippen LogP contribution is 2.29. The molecule has 2 fully saturated rings. The number of fused-ring (bicyclic) bond motifs is 2. The zero-order valence-corrected chi connectivity index (χ0v) is 17.0. The second-order valence-corrected chi connectivity index (χ2v) is 8.26. The first-order valence-corrected chi connectivity index (χ1v) is 10.5. The molecule has 2 aliphatic heterocycles. The summed E-state index contributed by atoms with van der Waals surface area (Å²) < 4.78 is 0. The summed E-state index contributed by atoms with van der Waals surface area (Å²) in [5.41, 5.74) is 0.571. The van der Waals surface area contributed by atoms with Gasteiger partial charge >= 0.3 is 6.03 Å². The average Bonchev–Trinajstić information content (AvgIpc) is 2.68. The van der Waals surface area contributed by atoms with Crippen molar-refractivity contribution in [3.63, 3.8) is 0 Å². The maximum absolute atomic E-state index is 12.6. The molecule has 0 aliphatic carbocycles. The molecule has 2 saturated heterocycles. The quantitative estimate of drug-likeness (QED) is 0.530. The maximum Gasteiger partial charge on any atom is 0.321 e. The van der Waals surface area contributed by atoms with Crippen LogP contribution in [0, 0.1) is 22.0 Å². The maximum atomic E-state index is 12.6. The van der Waals surface area contributed by atoms with Crippen molar-refractivity contribution in [3.8, 4) is 0 Å². The Balaban J connectivity index is 1.46. The molecule has 2 aliphatic rings. The number of nitrogens with one attached hydrogen (secondary N) is 1. The number of Topliss-reactive ketones (excluding diaryl/α,β-unsaturated/α-hetero) is 1. The van der Waals surface area contributed by atoms with Crippen LogP contribution in [0.25, 0.3) is 0 Å². The lowest BCUT2D eigenvalue weighted by molar-refractivity contribution is -0.384. The van der Waals surface area contributed by atoms with E-state index in [1.165, 1.54) is 12.1 Å². The average molecular weight is 402 g/mol. The first kappa shape index (κ1) is 21.2. The summed E-state index contributed by atoms with van der Waals surface area (Å²) in [6.45, 7) is 6.38. The van der Waals surface area contributed by atoms with Gasteiger partial charge in [0.1, 0.15) is 5.78 Å². The van der Waals surface area contributed by atoms with Crippen LogP contribution in [0.5, 0.6) is 0 Å². The fourth-order valence-electron chi connectivity index (χ4n) is 4.51. The number of carbonyl (C=O) groups is 2. The van der Waals surface area contributed by atoms with E-state index in [1.54, 1.807) is 12.1 Å². The van der Waals surface area contributed by atoms with Crippen LogP contribution in [0.3, 0.4) is 0 Å². The first-order valence-electron chi connectivity index (χ1n) is 10.5. The summed E-state index contributed by atoms with van der Waals surface area (Å²) in [7, 11) is 0. The van der Waals surface area contributed by atoms with E-state index in [0.717, 1.165) is 52.0 Å². The summed E-state index contributed by atoms with van der Waals surface area (Å²) in [5, 5.41) is 13.6. The molecule has 2 unspecified atom stereocenters. The smallest absolute Gasteiger partial charge is 0.321 e. The summed E-state index contributed by atoms with van der Waals surface area (Å²) >= 11 is 0. The van der Waals surface area contributed by atoms with Crippen LogP contribution in [0.15, 0.2) is 24.3 Å². The van der Waals surface area contributed by atoms with Crippen molar-refractivity contribution in [3.05, 3.63) is 34.4 Å². The lowest BCUT2D eigenvalue weighted by Gasteiger charge is -2.45. The minimum atomic E-state index is -0.455. The Labute approximate surface area is 171 Å². The number of anilines is 1. The van der Waals surface area contributed by atoms with Crippen molar-refractivity contribution >= 4 is 23.2 Å². The molecule has 158 valence electrons. The Bertz CT molecular complexity index is 723. The molecular formula is C21H30N4O4. The van der Waals surface area contributed by atoms with Gasteiger partial charge in [-0.2, -0.15) is 0 Å². The molecule has 0 spiro atoms. The molecule has 0 saturated carbocycles. The van der Waals surface area contributed by atoms with Gasteiger partial charge in [0.05, 0.1) is 4.92 Å². The molecule has 1 aromatic carbocycles. The first-order chi connectivity index (χ1) is 13.9. The molecule has 29 heavy (non-hydrogen) atoms. The molecule has 2 heterocycles. The highest BCUT2D eigenvalue weighted by atomic mass is 16.6. The van der Waals surface area contributed by atoms with Crippen molar-refractivity contribution < 1.29 is 14.5 Å². The number of urea groups is 1. The van der Waals surface area contributed by atoms with E-state index in [1.807, 2.05) is 11.8 Å². The number of nitro benzene ring substituents is 1. The number of ketones is 1. The van der Waals surface area contributed by atoms with Crippen LogP contribution in [0.4, 0.5) is 16.2 Å². The molecule has 1 aromatic rings. The van der Waals surface area contributed by atoms with Gasteiger partial charge in [0, 0.05) is 56.8 Å². The Morgan fingerprint density at radius 1 is 1.10 bits per heavy atom. The second kappa shape index (κ2) is 9.82. The molecule has 8 nitrogen and oxygen atoms in total. The van der Waals surface area contributed by atoms with Crippen LogP contribution in [0.1, 0.15) is 39.0 Å². The van der Waals surface area contributed by atoms with Crippen LogP contribution in [0.2, 0.25) is 0 Å². The number of nitro groups is 1. The number of carbonyl (C=O) groups excluding carboxylic acids is 2. The third-order valence-corrected chi connectivity index (χ3v) is 5.73. The van der Waals surface area contributed by atoms with E-state index in [-0.39, 0.29) is 11.7 Å². The van der Waals surface area contributed by atoms with Gasteiger partial charge in [0.25, 0.3) is 5.69 Å². The van der Waals surface area contributed by atoms with Crippen molar-refractivity contribution in [2.24, 2.45) is 11.8 Å². The normalized spacial score (nSPS) is 21.6. The van der Waals surface area contributed by atoms with Crippen molar-refractivity contribution in [1.82, 2.24) is 9.80 Å². The van der Waals surface area contributed by atoms with E-state index in [0.29, 0.717) is 36.1 Å². The molecule has 1 N–H and O–H groups in total. The highest BCUT2D eigenvalue weighted by Gasteiger charge is 2.35. The molecule has 8 heteroatoms. The van der Waals surface area contributed by atoms with E-state index in [2.05, 4.69) is 10.2 Å². The molecule has 2 bridgehead atoms. The Morgan fingerprint density at radius 3 is 2.34 bits per heavy atom. The zero-order valence-electron chi connectivity index (χ0n) is 17.0. The van der Waals surface area contributed by atoms with Crippen LogP contribution < -0.4 is 5.32 Å². The molecule has 0 aromatic heterocycles. The fourth-order valence-corrected chi connectivity index (χ4v) is 4.51. The van der Waals surface area contributed by atoms with E-state index >= 15 is 0 Å². The minimum Gasteiger partial charge on any atom is -0.324 e. The number of hydrogen-bond donors (Lipinski definition) is 1. The van der Waals surface area contributed by atoms with Crippen LogP contribution >= 0.6 is 0 Å². The summed E-state index contributed by atoms with van der Waals surface area (Å²) in [6, 6.07) is 5.75. The Morgan fingerprint density at radius 2 is 1.76 bits per heavy atom. The summed E-state index contributed by atoms with van der Waals surface area (Å²) in [4.78, 5) is 38.9. The predicted molar refractivity (Wildman–Crippen MR) is 111 cm³/mol. The van der Waals surface area contributed by atoms with Gasteiger partial charge in [-0.1, -0.05) is 6.92 Å². The van der Waals surface area contributed by atoms with Crippen molar-refractivity contribution in [2.75, 3.05) is 38.0 Å². The van der Waals surface area contributed by atoms with E-state index < -0.39 is 4.92 Å². The number of piperidine rings is 2. The number of amides is 2. The monoisotopic (exact) mass is 402 g/mol. The predicted octanol–water partition coefficient (Wildman–Crippen LogP) is 3.53. The van der Waals surface area contributed by atoms with Gasteiger partial charge in [-0.15, -0.1) is 0 Å². The lowest BCUT2D eigenvalue weighted by atomic mass is 9.84. The molecule has 3 rings (SSSR count). The highest BCUT2D eigenvalue weighted by molar-refractivity contribution is 5.89. The van der Waals surface area contributed by atoms with Crippen molar-refractivity contribution in [1.29, 1.82) is 0 Å². The Hall–Kier alpha value is -2.48. The number of rotatable bonds is 8. The number of hydrogen-bond acceptors (Lipinski definition) is 5. The molecule has 0 radical (unpaired) electrons. The van der Waals surface area contributed by atoms with Gasteiger partial charge in [-0.3, -0.25) is 14.9 Å². The van der Waals surface area contributed by atoms with Gasteiger partial charge in [-0.05, 0) is 49.8 Å². The summed E-state index contributed by atoms with van der Waals surface area (Å²) in [6.07, 6.45) is 4.34. The Kier molecular flexibility index (Phi) is 7.19. The number of likely N-dealkylation sites (tertiary alicyclic amines) is 2. The second-order valence-electron chi connectivity index (χ2n) is 8.26. The number of benzene rings is 1. The minimum absolute atomic E-state index is 0.00647. The zero-order chi connectivity index (χ0) is 20.8. The molecule has 2 amide bonds. The van der Waals surface area contributed by atoms with Gasteiger partial charge in [0.15, 0.2) is 0 Å². The largest absolute Gasteiger partial charge is 0.324 e. The lowest BCUT2D eigenvalue weighted by Crippen LogP contribution is -2.55. The SMILES string of the molecule is CCCC(=O)CCCN1CC2CC(C1)CN(C(=O)Nc1ccc([N+](=O)[O-])cc1)C2. The number of non-ortho nitro benzene ring substituents is 1. The third-order valence-electron chi connectivity index (χ3n) is 5.73. The van der Waals surface area contributed by atoms with Gasteiger partial charge in [0.2, 0.25) is 0 Å². The van der Waals surface area contributed by atoms with Gasteiger partial charge < -0.3 is 15.1 Å². The number of nitrogens with zero attached hydrogens (tertiary/aromatic N) is 3. The third kappa shape index (κ3) is 6.00. The van der Waals surface area contributed by atoms with E-state index in [9.17, 15) is 19.7 Å². The topological polar surface area (TPSA) is 95.8 Å². The van der Waals surface area contributed by atoms with Crippen molar-refractivity contribution in [2.45, 2.75) is 39.0 Å². The van der Waals surface area contributed by atoms with E-state index in [4.69, 9.17) is 0 Å². The van der Waals surface area contributed by atoms with Crippen LogP contribution in [-0.4, -0.2) is 59.3 Å². The van der Waals surface area contributed by atoms with Gasteiger partial charge in [-0.25, -0.2) is 4.79 Å². The molecular weight excluding hydrogens is 372 g/mol. The molecule has 2 atom stereocenters. The van der Waals surface area contributed by atoms with Crippen LogP contribution in [-0.2, 0) is 4.79 Å². The standard InChI is InChI=1S/C21H30N4O4/c1-2-4-20(26)5-3-10-23-12-16-11-17(13-23)15-24(14-16)21(27)22-18-6-8-19(9-7-18)25(28)29/h6-9,16-17H,2-5,10-15H2,1H3,(H,22,27).